The van der Waals surface area contributed by atoms with E-state index in [-0.39, 0.29) is 5.97 Å². The van der Waals surface area contributed by atoms with Crippen LogP contribution in [0.25, 0.3) is 11.0 Å². The van der Waals surface area contributed by atoms with Gasteiger partial charge in [0, 0.05) is 30.9 Å². The van der Waals surface area contributed by atoms with Crippen molar-refractivity contribution in [1.29, 1.82) is 0 Å². The van der Waals surface area contributed by atoms with Gasteiger partial charge in [-0.3, -0.25) is 0 Å². The van der Waals surface area contributed by atoms with Crippen LogP contribution in [0.5, 0.6) is 0 Å². The summed E-state index contributed by atoms with van der Waals surface area (Å²) in [6, 6.07) is 2.32. The van der Waals surface area contributed by atoms with Crippen LogP contribution in [0.4, 0.5) is 5.69 Å². The number of nitrogens with zero attached hydrogens (tertiary/aromatic N) is 2. The Kier molecular flexibility index (Phi) is 3.38. The van der Waals surface area contributed by atoms with Crippen molar-refractivity contribution in [3.8, 4) is 0 Å². The minimum atomic E-state index is -0.458. The number of nitrogens with one attached hydrogen (secondary N) is 1. The topological polar surface area (TPSA) is 78.5 Å². The molecule has 0 radical (unpaired) electrons. The van der Waals surface area contributed by atoms with Crippen LogP contribution in [0, 0.1) is 17.8 Å². The first-order valence-electron chi connectivity index (χ1n) is 9.49. The highest BCUT2D eigenvalue weighted by Gasteiger charge is 2.56. The summed E-state index contributed by atoms with van der Waals surface area (Å²) in [5, 5.41) is 11.8. The van der Waals surface area contributed by atoms with Crippen molar-refractivity contribution < 1.29 is 14.6 Å². The number of carbonyl (C=O) groups is 1. The molecule has 4 fully saturated rings. The van der Waals surface area contributed by atoms with E-state index in [0.717, 1.165) is 36.0 Å². The third-order valence-corrected chi connectivity index (χ3v) is 6.95. The molecule has 138 valence electrons. The van der Waals surface area contributed by atoms with Crippen molar-refractivity contribution in [2.24, 2.45) is 17.8 Å². The first kappa shape index (κ1) is 16.1. The molecule has 2 aromatic rings. The molecule has 2 atom stereocenters. The Bertz CT molecular complexity index is 860. The highest BCUT2D eigenvalue weighted by Crippen LogP contribution is 2.57. The number of aromatic nitrogens is 2. The summed E-state index contributed by atoms with van der Waals surface area (Å²) in [5.74, 6) is 1.25. The molecule has 0 amide bonds. The van der Waals surface area contributed by atoms with E-state index in [1.807, 2.05) is 12.3 Å². The molecule has 6 nitrogen and oxygen atoms in total. The number of methoxy groups -OCH3 is 1. The standard InChI is InChI=1S/C20H25N3O3/c1-23(16-12-5-11-6-13(16)9-20(25,7-11)8-12)17-14-3-4-21-18(14)22-10-15(17)19(24)26-2/h3-4,10-13,16,25H,5-9H2,1-2H3,(H,21,22). The van der Waals surface area contributed by atoms with Crippen LogP contribution in [0.3, 0.4) is 0 Å². The molecule has 2 N–H and O–H groups in total. The van der Waals surface area contributed by atoms with E-state index in [2.05, 4.69) is 21.9 Å². The predicted octanol–water partition coefficient (Wildman–Crippen LogP) is 2.73. The van der Waals surface area contributed by atoms with Gasteiger partial charge in [0.25, 0.3) is 0 Å². The second-order valence-electron chi connectivity index (χ2n) is 8.55. The molecule has 0 spiro atoms. The number of carbonyl (C=O) groups excluding carboxylic acids is 1. The van der Waals surface area contributed by atoms with E-state index >= 15 is 0 Å². The van der Waals surface area contributed by atoms with Gasteiger partial charge >= 0.3 is 5.97 Å². The van der Waals surface area contributed by atoms with E-state index in [1.54, 1.807) is 6.20 Å². The van der Waals surface area contributed by atoms with Crippen molar-refractivity contribution in [3.63, 3.8) is 0 Å². The van der Waals surface area contributed by atoms with Crippen molar-refractivity contribution in [2.45, 2.75) is 43.7 Å². The fraction of sp³-hybridized carbons (Fsp3) is 0.600. The first-order chi connectivity index (χ1) is 12.5. The smallest absolute Gasteiger partial charge is 0.341 e. The number of aromatic amines is 1. The van der Waals surface area contributed by atoms with Gasteiger partial charge < -0.3 is 19.7 Å². The quantitative estimate of drug-likeness (QED) is 0.828. The molecule has 0 aromatic carbocycles. The number of rotatable bonds is 3. The minimum Gasteiger partial charge on any atom is -0.465 e. The summed E-state index contributed by atoms with van der Waals surface area (Å²) < 4.78 is 5.02. The van der Waals surface area contributed by atoms with Crippen LogP contribution in [0.1, 0.15) is 42.5 Å². The van der Waals surface area contributed by atoms with Crippen molar-refractivity contribution >= 4 is 22.7 Å². The summed E-state index contributed by atoms with van der Waals surface area (Å²) in [7, 11) is 3.50. The molecule has 0 saturated heterocycles. The molecule has 0 aliphatic heterocycles. The van der Waals surface area contributed by atoms with Gasteiger partial charge in [-0.25, -0.2) is 9.78 Å². The van der Waals surface area contributed by atoms with E-state index in [1.165, 1.54) is 20.0 Å². The molecule has 2 aromatic heterocycles. The van der Waals surface area contributed by atoms with Crippen LogP contribution in [-0.2, 0) is 4.74 Å². The lowest BCUT2D eigenvalue weighted by atomic mass is 9.52. The molecule has 6 heteroatoms. The molecule has 6 rings (SSSR count). The van der Waals surface area contributed by atoms with Crippen LogP contribution < -0.4 is 4.90 Å². The minimum absolute atomic E-state index is 0.343. The maximum absolute atomic E-state index is 12.4. The summed E-state index contributed by atoms with van der Waals surface area (Å²) >= 11 is 0. The SMILES string of the molecule is COC(=O)c1cnc2[nH]ccc2c1N(C)C1C2CC3CC1CC(O)(C3)C2. The number of fused-ring (bicyclic) bond motifs is 1. The zero-order valence-corrected chi connectivity index (χ0v) is 15.2. The average molecular weight is 355 g/mol. The Hall–Kier alpha value is -2.08. The molecule has 2 unspecified atom stereocenters. The van der Waals surface area contributed by atoms with Crippen molar-refractivity contribution in [3.05, 3.63) is 24.0 Å². The number of H-pyrrole nitrogens is 1. The largest absolute Gasteiger partial charge is 0.465 e. The lowest BCUT2D eigenvalue weighted by molar-refractivity contribution is -0.133. The Morgan fingerprint density at radius 3 is 2.73 bits per heavy atom. The molecule has 4 saturated carbocycles. The van der Waals surface area contributed by atoms with Gasteiger partial charge in [0.1, 0.15) is 11.2 Å². The molecule has 4 aliphatic carbocycles. The van der Waals surface area contributed by atoms with Gasteiger partial charge in [0.15, 0.2) is 0 Å². The Balaban J connectivity index is 1.60. The van der Waals surface area contributed by atoms with E-state index < -0.39 is 5.60 Å². The summed E-state index contributed by atoms with van der Waals surface area (Å²) in [5.41, 5.74) is 1.73. The second kappa shape index (κ2) is 5.46. The molecule has 26 heavy (non-hydrogen) atoms. The Labute approximate surface area is 152 Å². The van der Waals surface area contributed by atoms with Crippen molar-refractivity contribution in [1.82, 2.24) is 9.97 Å². The fourth-order valence-electron chi connectivity index (χ4n) is 6.37. The Morgan fingerprint density at radius 2 is 2.08 bits per heavy atom. The monoisotopic (exact) mass is 355 g/mol. The number of anilines is 1. The molecular weight excluding hydrogens is 330 g/mol. The van der Waals surface area contributed by atoms with Gasteiger partial charge in [0.05, 0.1) is 18.4 Å². The van der Waals surface area contributed by atoms with Crippen LogP contribution in [-0.4, -0.2) is 46.8 Å². The number of hydrogen-bond acceptors (Lipinski definition) is 5. The maximum atomic E-state index is 12.4. The van der Waals surface area contributed by atoms with Crippen LogP contribution in [0.15, 0.2) is 18.5 Å². The van der Waals surface area contributed by atoms with Gasteiger partial charge in [-0.15, -0.1) is 0 Å². The Morgan fingerprint density at radius 1 is 1.35 bits per heavy atom. The van der Waals surface area contributed by atoms with Gasteiger partial charge in [-0.1, -0.05) is 0 Å². The highest BCUT2D eigenvalue weighted by atomic mass is 16.5. The van der Waals surface area contributed by atoms with E-state index in [4.69, 9.17) is 4.74 Å². The third kappa shape index (κ3) is 2.21. The first-order valence-corrected chi connectivity index (χ1v) is 9.49. The fourth-order valence-corrected chi connectivity index (χ4v) is 6.37. The zero-order chi connectivity index (χ0) is 18.1. The predicted molar refractivity (Wildman–Crippen MR) is 98.1 cm³/mol. The highest BCUT2D eigenvalue weighted by molar-refractivity contribution is 6.04. The third-order valence-electron chi connectivity index (χ3n) is 6.95. The number of hydrogen-bond donors (Lipinski definition) is 2. The van der Waals surface area contributed by atoms with Gasteiger partial charge in [0.2, 0.25) is 0 Å². The second-order valence-corrected chi connectivity index (χ2v) is 8.55. The number of esters is 1. The van der Waals surface area contributed by atoms with Gasteiger partial charge in [-0.05, 0) is 55.9 Å². The number of pyridine rings is 1. The maximum Gasteiger partial charge on any atom is 0.341 e. The van der Waals surface area contributed by atoms with Crippen LogP contribution in [0.2, 0.25) is 0 Å². The lowest BCUT2D eigenvalue weighted by Crippen LogP contribution is -2.61. The van der Waals surface area contributed by atoms with Crippen LogP contribution >= 0.6 is 0 Å². The van der Waals surface area contributed by atoms with Gasteiger partial charge in [-0.2, -0.15) is 0 Å². The zero-order valence-electron chi connectivity index (χ0n) is 15.2. The summed E-state index contributed by atoms with van der Waals surface area (Å²) in [4.78, 5) is 22.2. The molecular formula is C20H25N3O3. The van der Waals surface area contributed by atoms with E-state index in [9.17, 15) is 9.90 Å². The average Bonchev–Trinajstić information content (AvgIpc) is 3.06. The number of aliphatic hydroxyl groups is 1. The molecule has 2 heterocycles. The summed E-state index contributed by atoms with van der Waals surface area (Å²) in [6.45, 7) is 0. The molecule has 4 aliphatic rings. The normalized spacial score (nSPS) is 35.0. The molecule has 4 bridgehead atoms. The summed E-state index contributed by atoms with van der Waals surface area (Å²) in [6.07, 6.45) is 8.57. The van der Waals surface area contributed by atoms with E-state index in [0.29, 0.717) is 29.4 Å². The van der Waals surface area contributed by atoms with Crippen molar-refractivity contribution in [2.75, 3.05) is 19.1 Å². The lowest BCUT2D eigenvalue weighted by Gasteiger charge is -2.60. The number of ether oxygens (including phenoxy) is 1.